The van der Waals surface area contributed by atoms with Crippen molar-refractivity contribution in [1.29, 1.82) is 0 Å². The molecule has 2 aromatic rings. The highest BCUT2D eigenvalue weighted by Crippen LogP contribution is 2.34. The number of carbonyl (C=O) groups is 2. The maximum Gasteiger partial charge on any atom is 0.240 e. The fraction of sp³-hybridized carbons (Fsp3) is 0.364. The van der Waals surface area contributed by atoms with Crippen molar-refractivity contribution in [1.82, 2.24) is 10.2 Å². The molecule has 1 N–H and O–H groups in total. The lowest BCUT2D eigenvalue weighted by atomic mass is 10.1. The van der Waals surface area contributed by atoms with Gasteiger partial charge in [0.15, 0.2) is 0 Å². The first-order chi connectivity index (χ1) is 13.7. The molecule has 6 heteroatoms. The first-order valence-electron chi connectivity index (χ1n) is 9.80. The summed E-state index contributed by atoms with van der Waals surface area (Å²) in [6.07, 6.45) is 2.40. The fourth-order valence-electron chi connectivity index (χ4n) is 3.92. The van der Waals surface area contributed by atoms with E-state index in [0.29, 0.717) is 12.3 Å². The Kier molecular flexibility index (Phi) is 5.98. The van der Waals surface area contributed by atoms with Crippen molar-refractivity contribution < 1.29 is 9.59 Å². The smallest absolute Gasteiger partial charge is 0.240 e. The minimum absolute atomic E-state index is 0.0157. The van der Waals surface area contributed by atoms with E-state index in [-0.39, 0.29) is 24.4 Å². The Morgan fingerprint density at radius 3 is 2.54 bits per heavy atom. The van der Waals surface area contributed by atoms with Gasteiger partial charge >= 0.3 is 0 Å². The topological polar surface area (TPSA) is 52.7 Å². The van der Waals surface area contributed by atoms with E-state index in [0.717, 1.165) is 23.7 Å². The second-order valence-corrected chi connectivity index (χ2v) is 8.23. The Morgan fingerprint density at radius 1 is 1.04 bits per heavy atom. The van der Waals surface area contributed by atoms with E-state index < -0.39 is 0 Å². The van der Waals surface area contributed by atoms with Crippen LogP contribution in [0, 0.1) is 0 Å². The Balaban J connectivity index is 1.42. The molecule has 146 valence electrons. The van der Waals surface area contributed by atoms with Crippen molar-refractivity contribution >= 4 is 29.3 Å². The first kappa shape index (κ1) is 19.0. The van der Waals surface area contributed by atoms with E-state index in [9.17, 15) is 9.59 Å². The normalized spacial score (nSPS) is 18.0. The average Bonchev–Trinajstić information content (AvgIpc) is 3.26. The molecule has 4 rings (SSSR count). The summed E-state index contributed by atoms with van der Waals surface area (Å²) in [5.74, 6) is 0.248. The van der Waals surface area contributed by atoms with Crippen LogP contribution >= 0.6 is 11.8 Å². The summed E-state index contributed by atoms with van der Waals surface area (Å²) >= 11 is 1.53. The number of anilines is 1. The van der Waals surface area contributed by atoms with Gasteiger partial charge in [-0.05, 0) is 43.6 Å². The van der Waals surface area contributed by atoms with Gasteiger partial charge in [0.05, 0.1) is 17.5 Å². The van der Waals surface area contributed by atoms with Crippen molar-refractivity contribution in [2.24, 2.45) is 0 Å². The number of rotatable bonds is 6. The number of carbonyl (C=O) groups excluding carboxylic acids is 2. The predicted octanol–water partition coefficient (Wildman–Crippen LogP) is 3.08. The number of para-hydroxylation sites is 1. The van der Waals surface area contributed by atoms with Crippen LogP contribution in [0.1, 0.15) is 24.4 Å². The van der Waals surface area contributed by atoms with Crippen LogP contribution in [0.3, 0.4) is 0 Å². The SMILES string of the molecule is O=C(CN1C(=O)CSc2ccccc21)NCC(c1ccccc1)N1CCCC1. The molecule has 2 aliphatic rings. The Bertz CT molecular complexity index is 837. The molecule has 0 aromatic heterocycles. The van der Waals surface area contributed by atoms with E-state index in [1.54, 1.807) is 4.90 Å². The van der Waals surface area contributed by atoms with Crippen LogP contribution in [0.15, 0.2) is 59.5 Å². The monoisotopic (exact) mass is 395 g/mol. The molecule has 28 heavy (non-hydrogen) atoms. The lowest BCUT2D eigenvalue weighted by Crippen LogP contribution is -2.45. The molecule has 0 aliphatic carbocycles. The zero-order valence-electron chi connectivity index (χ0n) is 15.8. The van der Waals surface area contributed by atoms with Gasteiger partial charge in [-0.2, -0.15) is 0 Å². The summed E-state index contributed by atoms with van der Waals surface area (Å²) < 4.78 is 0. The number of benzene rings is 2. The predicted molar refractivity (Wildman–Crippen MR) is 113 cm³/mol. The molecule has 5 nitrogen and oxygen atoms in total. The van der Waals surface area contributed by atoms with E-state index in [1.807, 2.05) is 42.5 Å². The van der Waals surface area contributed by atoms with Crippen molar-refractivity contribution in [3.8, 4) is 0 Å². The Hall–Kier alpha value is -2.31. The molecule has 2 amide bonds. The summed E-state index contributed by atoms with van der Waals surface area (Å²) in [5.41, 5.74) is 2.05. The summed E-state index contributed by atoms with van der Waals surface area (Å²) in [6.45, 7) is 2.74. The van der Waals surface area contributed by atoms with Crippen LogP contribution in [0.5, 0.6) is 0 Å². The van der Waals surface area contributed by atoms with Crippen molar-refractivity contribution in [2.45, 2.75) is 23.8 Å². The van der Waals surface area contributed by atoms with Gasteiger partial charge in [0.1, 0.15) is 6.54 Å². The van der Waals surface area contributed by atoms with Gasteiger partial charge in [-0.1, -0.05) is 42.5 Å². The van der Waals surface area contributed by atoms with Crippen molar-refractivity contribution in [3.05, 3.63) is 60.2 Å². The van der Waals surface area contributed by atoms with Crippen LogP contribution in [0.4, 0.5) is 5.69 Å². The van der Waals surface area contributed by atoms with Crippen LogP contribution in [0.2, 0.25) is 0 Å². The summed E-state index contributed by atoms with van der Waals surface area (Å²) in [4.78, 5) is 30.2. The first-order valence-corrected chi connectivity index (χ1v) is 10.8. The maximum atomic E-state index is 12.7. The second-order valence-electron chi connectivity index (χ2n) is 7.21. The molecule has 0 bridgehead atoms. The van der Waals surface area contributed by atoms with Gasteiger partial charge in [0.25, 0.3) is 0 Å². The van der Waals surface area contributed by atoms with E-state index in [1.165, 1.54) is 30.2 Å². The molecule has 2 heterocycles. The molecular formula is C22H25N3O2S. The molecule has 0 radical (unpaired) electrons. The van der Waals surface area contributed by atoms with Gasteiger partial charge in [-0.15, -0.1) is 11.8 Å². The van der Waals surface area contributed by atoms with Crippen LogP contribution < -0.4 is 10.2 Å². The number of hydrogen-bond donors (Lipinski definition) is 1. The maximum absolute atomic E-state index is 12.7. The van der Waals surface area contributed by atoms with Gasteiger partial charge < -0.3 is 10.2 Å². The summed E-state index contributed by atoms with van der Waals surface area (Å²) in [7, 11) is 0. The van der Waals surface area contributed by atoms with Crippen LogP contribution in [0.25, 0.3) is 0 Å². The zero-order chi connectivity index (χ0) is 19.3. The molecule has 2 aliphatic heterocycles. The van der Waals surface area contributed by atoms with Gasteiger partial charge in [0.2, 0.25) is 11.8 Å². The highest BCUT2D eigenvalue weighted by atomic mass is 32.2. The minimum Gasteiger partial charge on any atom is -0.353 e. The van der Waals surface area contributed by atoms with Gasteiger partial charge in [0, 0.05) is 11.4 Å². The molecule has 1 saturated heterocycles. The van der Waals surface area contributed by atoms with E-state index in [4.69, 9.17) is 0 Å². The molecule has 2 aromatic carbocycles. The molecule has 0 saturated carbocycles. The summed E-state index contributed by atoms with van der Waals surface area (Å²) in [5, 5.41) is 3.08. The fourth-order valence-corrected chi connectivity index (χ4v) is 4.86. The number of nitrogens with one attached hydrogen (secondary N) is 1. The summed E-state index contributed by atoms with van der Waals surface area (Å²) in [6, 6.07) is 18.3. The largest absolute Gasteiger partial charge is 0.353 e. The van der Waals surface area contributed by atoms with Crippen LogP contribution in [-0.4, -0.2) is 48.6 Å². The number of likely N-dealkylation sites (tertiary alicyclic amines) is 1. The molecular weight excluding hydrogens is 370 g/mol. The minimum atomic E-state index is -0.116. The molecule has 0 spiro atoms. The van der Waals surface area contributed by atoms with Gasteiger partial charge in [-0.3, -0.25) is 14.5 Å². The third kappa shape index (κ3) is 4.23. The lowest BCUT2D eigenvalue weighted by molar-refractivity contribution is -0.123. The Labute approximate surface area is 170 Å². The zero-order valence-corrected chi connectivity index (χ0v) is 16.7. The van der Waals surface area contributed by atoms with E-state index in [2.05, 4.69) is 22.3 Å². The third-order valence-electron chi connectivity index (χ3n) is 5.37. The third-order valence-corrected chi connectivity index (χ3v) is 6.42. The second kappa shape index (κ2) is 8.80. The molecule has 1 unspecified atom stereocenters. The standard InChI is InChI=1S/C22H25N3O2S/c26-21(15-25-18-10-4-5-11-20(18)28-16-22(25)27)23-14-19(24-12-6-7-13-24)17-8-2-1-3-9-17/h1-5,8-11,19H,6-7,12-16H2,(H,23,26). The van der Waals surface area contributed by atoms with Crippen molar-refractivity contribution in [2.75, 3.05) is 36.8 Å². The van der Waals surface area contributed by atoms with Crippen LogP contribution in [-0.2, 0) is 9.59 Å². The van der Waals surface area contributed by atoms with Crippen molar-refractivity contribution in [3.63, 3.8) is 0 Å². The quantitative estimate of drug-likeness (QED) is 0.817. The average molecular weight is 396 g/mol. The van der Waals surface area contributed by atoms with E-state index >= 15 is 0 Å². The molecule has 1 fully saturated rings. The molecule has 1 atom stereocenters. The van der Waals surface area contributed by atoms with Gasteiger partial charge in [-0.25, -0.2) is 0 Å². The lowest BCUT2D eigenvalue weighted by Gasteiger charge is -2.30. The highest BCUT2D eigenvalue weighted by Gasteiger charge is 2.27. The highest BCUT2D eigenvalue weighted by molar-refractivity contribution is 8.00. The number of thioether (sulfide) groups is 1. The Morgan fingerprint density at radius 2 is 1.75 bits per heavy atom. The number of nitrogens with zero attached hydrogens (tertiary/aromatic N) is 2. The number of fused-ring (bicyclic) bond motifs is 1. The number of hydrogen-bond acceptors (Lipinski definition) is 4. The number of amides is 2.